The highest BCUT2D eigenvalue weighted by Gasteiger charge is 2.31. The summed E-state index contributed by atoms with van der Waals surface area (Å²) in [6.07, 6.45) is -4.63. The molecule has 0 heterocycles. The summed E-state index contributed by atoms with van der Waals surface area (Å²) >= 11 is 0. The lowest BCUT2D eigenvalue weighted by Gasteiger charge is -2.10. The van der Waals surface area contributed by atoms with E-state index in [1.165, 1.54) is 0 Å². The van der Waals surface area contributed by atoms with Crippen LogP contribution in [0.25, 0.3) is 0 Å². The maximum Gasteiger partial charge on any atom is 0.703 e. The first kappa shape index (κ1) is 13.6. The Bertz CT molecular complexity index is 384. The molecule has 0 bridgehead atoms. The van der Waals surface area contributed by atoms with Gasteiger partial charge in [0, 0.05) is 6.07 Å². The van der Waals surface area contributed by atoms with E-state index >= 15 is 0 Å². The Hall–Kier alpha value is -1.49. The molecule has 0 radical (unpaired) electrons. The molecule has 1 aromatic carbocycles. The van der Waals surface area contributed by atoms with Crippen LogP contribution >= 0.6 is 0 Å². The molecule has 0 saturated heterocycles. The molecule has 0 unspecified atom stereocenters. The van der Waals surface area contributed by atoms with Crippen molar-refractivity contribution in [3.63, 3.8) is 0 Å². The van der Waals surface area contributed by atoms with E-state index in [1.807, 2.05) is 0 Å². The van der Waals surface area contributed by atoms with Crippen LogP contribution in [0.1, 0.15) is 5.56 Å². The second-order valence-corrected chi connectivity index (χ2v) is 2.77. The maximum atomic E-state index is 12.3. The van der Waals surface area contributed by atoms with Gasteiger partial charge in [-0.25, -0.2) is 4.81 Å². The number of phenols is 1. The Balaban J connectivity index is 2.84. The normalized spacial score (nSPS) is 11.4. The smallest absolute Gasteiger partial charge is 0.504 e. The molecule has 0 saturated carbocycles. The summed E-state index contributed by atoms with van der Waals surface area (Å²) in [5, 5.41) is 25.5. The zero-order valence-electron chi connectivity index (χ0n) is 8.01. The van der Waals surface area contributed by atoms with Crippen molar-refractivity contribution in [3.05, 3.63) is 23.8 Å². The Morgan fingerprint density at radius 1 is 1.24 bits per heavy atom. The summed E-state index contributed by atoms with van der Waals surface area (Å²) in [7, 11) is -2.22. The van der Waals surface area contributed by atoms with E-state index in [-0.39, 0.29) is 0 Å². The van der Waals surface area contributed by atoms with Gasteiger partial charge in [0.25, 0.3) is 0 Å². The molecule has 0 atom stereocenters. The molecule has 1 aromatic rings. The first-order chi connectivity index (χ1) is 7.84. The number of alkyl halides is 3. The molecule has 0 spiro atoms. The van der Waals surface area contributed by atoms with Crippen molar-refractivity contribution in [2.45, 2.75) is 6.18 Å². The van der Waals surface area contributed by atoms with Crippen molar-refractivity contribution in [2.75, 3.05) is 0 Å². The molecule has 1 rings (SSSR count). The Labute approximate surface area is 92.8 Å². The fourth-order valence-corrected chi connectivity index (χ4v) is 0.868. The Kier molecular flexibility index (Phi) is 4.18. The summed E-state index contributed by atoms with van der Waals surface area (Å²) < 4.78 is 36.8. The van der Waals surface area contributed by atoms with E-state index in [4.69, 9.17) is 15.4 Å². The largest absolute Gasteiger partial charge is 0.703 e. The van der Waals surface area contributed by atoms with E-state index in [0.717, 1.165) is 6.07 Å². The molecular formula is C7H6BF3O6. The maximum absolute atomic E-state index is 12.3. The van der Waals surface area contributed by atoms with Crippen LogP contribution in [0.5, 0.6) is 11.5 Å². The van der Waals surface area contributed by atoms with Crippen molar-refractivity contribution in [3.8, 4) is 11.5 Å². The SMILES string of the molecule is OOB(O)OOc1cc(C(F)(F)F)ccc1O. The summed E-state index contributed by atoms with van der Waals surface area (Å²) in [4.78, 5) is 11.2. The lowest BCUT2D eigenvalue weighted by Crippen LogP contribution is -2.22. The van der Waals surface area contributed by atoms with Gasteiger partial charge < -0.3 is 15.0 Å². The number of rotatable bonds is 4. The van der Waals surface area contributed by atoms with E-state index in [2.05, 4.69) is 14.5 Å². The third-order valence-corrected chi connectivity index (χ3v) is 1.60. The fourth-order valence-electron chi connectivity index (χ4n) is 0.868. The van der Waals surface area contributed by atoms with Crippen molar-refractivity contribution >= 4 is 7.32 Å². The average molecular weight is 254 g/mol. The first-order valence-electron chi connectivity index (χ1n) is 4.06. The number of hydrogen-bond acceptors (Lipinski definition) is 6. The van der Waals surface area contributed by atoms with Crippen LogP contribution in [0.15, 0.2) is 18.2 Å². The molecule has 94 valence electrons. The van der Waals surface area contributed by atoms with Crippen molar-refractivity contribution < 1.29 is 43.1 Å². The van der Waals surface area contributed by atoms with Gasteiger partial charge in [0.05, 0.1) is 5.56 Å². The van der Waals surface area contributed by atoms with Gasteiger partial charge in [-0.15, -0.1) is 0 Å². The monoisotopic (exact) mass is 254 g/mol. The van der Waals surface area contributed by atoms with Gasteiger partial charge in [-0.2, -0.15) is 18.0 Å². The molecule has 3 N–H and O–H groups in total. The molecular weight excluding hydrogens is 248 g/mol. The lowest BCUT2D eigenvalue weighted by atomic mass is 10.2. The minimum atomic E-state index is -4.63. The van der Waals surface area contributed by atoms with E-state index in [1.54, 1.807) is 0 Å². The van der Waals surface area contributed by atoms with E-state index in [9.17, 15) is 13.2 Å². The quantitative estimate of drug-likeness (QED) is 0.425. The topological polar surface area (TPSA) is 88.4 Å². The lowest BCUT2D eigenvalue weighted by molar-refractivity contribution is -0.229. The second-order valence-electron chi connectivity index (χ2n) is 2.77. The van der Waals surface area contributed by atoms with Crippen molar-refractivity contribution in [1.82, 2.24) is 0 Å². The molecule has 17 heavy (non-hydrogen) atoms. The number of phenolic OH excluding ortho intramolecular Hbond substituents is 1. The van der Waals surface area contributed by atoms with Gasteiger partial charge >= 0.3 is 13.5 Å². The standard InChI is InChI=1S/C7H6BF3O6/c9-7(10,11)4-1-2-5(12)6(3-4)15-17-8(13)16-14/h1-3,12-14H. The fraction of sp³-hybridized carbons (Fsp3) is 0.143. The Morgan fingerprint density at radius 3 is 2.41 bits per heavy atom. The Morgan fingerprint density at radius 2 is 1.88 bits per heavy atom. The zero-order valence-corrected chi connectivity index (χ0v) is 8.01. The van der Waals surface area contributed by atoms with Gasteiger partial charge in [-0.1, -0.05) is 0 Å². The van der Waals surface area contributed by atoms with Crippen LogP contribution < -0.4 is 4.89 Å². The minimum absolute atomic E-state index is 0.444. The van der Waals surface area contributed by atoms with Crippen LogP contribution in [0.4, 0.5) is 13.2 Å². The molecule has 6 nitrogen and oxygen atoms in total. The predicted octanol–water partition coefficient (Wildman–Crippen LogP) is 1.19. The highest BCUT2D eigenvalue weighted by Crippen LogP contribution is 2.35. The first-order valence-corrected chi connectivity index (χ1v) is 4.06. The molecule has 10 heteroatoms. The molecule has 0 fully saturated rings. The van der Waals surface area contributed by atoms with Crippen LogP contribution in [0.3, 0.4) is 0 Å². The number of halogens is 3. The number of benzene rings is 1. The molecule has 0 aliphatic carbocycles. The molecule has 0 aliphatic heterocycles. The van der Waals surface area contributed by atoms with Gasteiger partial charge in [-0.05, 0) is 12.1 Å². The van der Waals surface area contributed by atoms with Gasteiger partial charge in [0.1, 0.15) is 0 Å². The molecule has 0 aromatic heterocycles. The summed E-state index contributed by atoms with van der Waals surface area (Å²) in [5.41, 5.74) is -1.09. The minimum Gasteiger partial charge on any atom is -0.504 e. The third kappa shape index (κ3) is 3.78. The van der Waals surface area contributed by atoms with E-state index < -0.39 is 30.6 Å². The van der Waals surface area contributed by atoms with Crippen LogP contribution in [-0.4, -0.2) is 22.7 Å². The number of aromatic hydroxyl groups is 1. The molecule has 0 amide bonds. The van der Waals surface area contributed by atoms with Crippen LogP contribution in [0, 0.1) is 0 Å². The predicted molar refractivity (Wildman–Crippen MR) is 46.5 cm³/mol. The van der Waals surface area contributed by atoms with Gasteiger partial charge in [0.2, 0.25) is 5.75 Å². The molecule has 0 aliphatic rings. The summed E-state index contributed by atoms with van der Waals surface area (Å²) in [6.45, 7) is 0. The van der Waals surface area contributed by atoms with Gasteiger partial charge in [-0.3, -0.25) is 5.26 Å². The summed E-state index contributed by atoms with van der Waals surface area (Å²) in [5.74, 6) is -1.35. The third-order valence-electron chi connectivity index (χ3n) is 1.60. The highest BCUT2D eigenvalue weighted by atomic mass is 19.4. The van der Waals surface area contributed by atoms with Crippen LogP contribution in [-0.2, 0) is 15.8 Å². The second kappa shape index (κ2) is 5.23. The zero-order chi connectivity index (χ0) is 13.1. The average Bonchev–Trinajstić information content (AvgIpc) is 2.26. The van der Waals surface area contributed by atoms with Crippen LogP contribution in [0.2, 0.25) is 0 Å². The summed E-state index contributed by atoms with van der Waals surface area (Å²) in [6, 6.07) is 1.80. The van der Waals surface area contributed by atoms with Gasteiger partial charge in [0.15, 0.2) is 5.75 Å². The highest BCUT2D eigenvalue weighted by molar-refractivity contribution is 6.33. The van der Waals surface area contributed by atoms with E-state index in [0.29, 0.717) is 12.1 Å². The van der Waals surface area contributed by atoms with Crippen molar-refractivity contribution in [2.24, 2.45) is 0 Å². The number of hydrogen-bond donors (Lipinski definition) is 3. The van der Waals surface area contributed by atoms with Crippen molar-refractivity contribution in [1.29, 1.82) is 0 Å².